The second kappa shape index (κ2) is 9.49. The summed E-state index contributed by atoms with van der Waals surface area (Å²) >= 11 is 1.46. The van der Waals surface area contributed by atoms with E-state index in [1.54, 1.807) is 43.3 Å². The maximum Gasteiger partial charge on any atom is 0.341 e. The molecule has 1 amide bonds. The average molecular weight is 448 g/mol. The van der Waals surface area contributed by atoms with E-state index in [4.69, 9.17) is 4.74 Å². The fourth-order valence-corrected chi connectivity index (χ4v) is 5.36. The fraction of sp³-hybridized carbons (Fsp3) is 0.269. The summed E-state index contributed by atoms with van der Waals surface area (Å²) in [7, 11) is 0. The number of rotatable bonds is 6. The number of ether oxygens (including phenoxy) is 1. The van der Waals surface area contributed by atoms with Crippen LogP contribution in [0.15, 0.2) is 54.6 Å². The molecule has 1 N–H and O–H groups in total. The van der Waals surface area contributed by atoms with Crippen molar-refractivity contribution < 1.29 is 19.1 Å². The van der Waals surface area contributed by atoms with Crippen molar-refractivity contribution >= 4 is 34.0 Å². The Hall–Kier alpha value is -3.25. The number of thiophene rings is 1. The minimum absolute atomic E-state index is 0.0952. The van der Waals surface area contributed by atoms with Crippen LogP contribution in [0, 0.1) is 5.92 Å². The van der Waals surface area contributed by atoms with Crippen molar-refractivity contribution in [2.75, 3.05) is 11.9 Å². The highest BCUT2D eigenvalue weighted by Crippen LogP contribution is 2.40. The Morgan fingerprint density at radius 1 is 1.00 bits per heavy atom. The molecule has 2 aromatic carbocycles. The number of carbonyl (C=O) groups excluding carboxylic acids is 3. The van der Waals surface area contributed by atoms with Crippen molar-refractivity contribution in [1.82, 2.24) is 0 Å². The standard InChI is InChI=1S/C26H25NO4S/c1-3-31-26(30)22-20-14-9-16(2)15-21(20)32-25(22)27-24(29)19-12-10-18(11-13-19)23(28)17-7-5-4-6-8-17/h4-8,10-13,16H,3,9,14-15H2,1-2H3,(H,27,29). The van der Waals surface area contributed by atoms with Gasteiger partial charge in [-0.05, 0) is 49.8 Å². The number of anilines is 1. The first-order chi connectivity index (χ1) is 15.5. The highest BCUT2D eigenvalue weighted by Gasteiger charge is 2.29. The van der Waals surface area contributed by atoms with Crippen LogP contribution >= 0.6 is 11.3 Å². The summed E-state index contributed by atoms with van der Waals surface area (Å²) in [4.78, 5) is 39.3. The molecule has 1 aliphatic rings. The number of ketones is 1. The zero-order chi connectivity index (χ0) is 22.7. The molecule has 0 bridgehead atoms. The van der Waals surface area contributed by atoms with E-state index in [-0.39, 0.29) is 18.3 Å². The SMILES string of the molecule is CCOC(=O)c1c(NC(=O)c2ccc(C(=O)c3ccccc3)cc2)sc2c1CCC(C)C2. The zero-order valence-corrected chi connectivity index (χ0v) is 19.0. The van der Waals surface area contributed by atoms with E-state index in [2.05, 4.69) is 12.2 Å². The Balaban J connectivity index is 1.56. The third kappa shape index (κ3) is 4.50. The summed E-state index contributed by atoms with van der Waals surface area (Å²) in [5, 5.41) is 3.45. The predicted molar refractivity (Wildman–Crippen MR) is 126 cm³/mol. The van der Waals surface area contributed by atoms with Crippen molar-refractivity contribution in [3.05, 3.63) is 87.3 Å². The number of fused-ring (bicyclic) bond motifs is 1. The Kier molecular flexibility index (Phi) is 6.51. The zero-order valence-electron chi connectivity index (χ0n) is 18.1. The third-order valence-electron chi connectivity index (χ3n) is 5.66. The molecule has 0 fully saturated rings. The number of carbonyl (C=O) groups is 3. The smallest absolute Gasteiger partial charge is 0.341 e. The molecule has 4 rings (SSSR count). The molecule has 0 aliphatic heterocycles. The molecule has 0 saturated heterocycles. The highest BCUT2D eigenvalue weighted by molar-refractivity contribution is 7.17. The van der Waals surface area contributed by atoms with E-state index in [9.17, 15) is 14.4 Å². The van der Waals surface area contributed by atoms with Crippen LogP contribution in [0.25, 0.3) is 0 Å². The molecule has 1 atom stereocenters. The second-order valence-corrected chi connectivity index (χ2v) is 9.11. The van der Waals surface area contributed by atoms with Gasteiger partial charge < -0.3 is 10.1 Å². The molecule has 32 heavy (non-hydrogen) atoms. The molecule has 0 saturated carbocycles. The Morgan fingerprint density at radius 3 is 2.34 bits per heavy atom. The topological polar surface area (TPSA) is 72.5 Å². The lowest BCUT2D eigenvalue weighted by Gasteiger charge is -2.18. The number of benzene rings is 2. The summed E-state index contributed by atoms with van der Waals surface area (Å²) in [6, 6.07) is 15.6. The first-order valence-electron chi connectivity index (χ1n) is 10.8. The van der Waals surface area contributed by atoms with Gasteiger partial charge in [-0.1, -0.05) is 49.4 Å². The van der Waals surface area contributed by atoms with Gasteiger partial charge in [-0.2, -0.15) is 0 Å². The van der Waals surface area contributed by atoms with Crippen LogP contribution in [0.3, 0.4) is 0 Å². The van der Waals surface area contributed by atoms with Crippen LogP contribution in [0.2, 0.25) is 0 Å². The lowest BCUT2D eigenvalue weighted by atomic mass is 9.88. The lowest BCUT2D eigenvalue weighted by Crippen LogP contribution is -2.16. The molecule has 1 aromatic heterocycles. The van der Waals surface area contributed by atoms with Gasteiger partial charge in [0.2, 0.25) is 0 Å². The van der Waals surface area contributed by atoms with Crippen LogP contribution in [0.4, 0.5) is 5.00 Å². The number of esters is 1. The summed E-state index contributed by atoms with van der Waals surface area (Å²) < 4.78 is 5.27. The van der Waals surface area contributed by atoms with Gasteiger partial charge in [-0.3, -0.25) is 9.59 Å². The summed E-state index contributed by atoms with van der Waals surface area (Å²) in [6.45, 7) is 4.25. The lowest BCUT2D eigenvalue weighted by molar-refractivity contribution is 0.0526. The molecule has 3 aromatic rings. The molecular formula is C26H25NO4S. The Bertz CT molecular complexity index is 1150. The van der Waals surface area contributed by atoms with E-state index in [1.807, 2.05) is 18.2 Å². The number of nitrogens with one attached hydrogen (secondary N) is 1. The molecular weight excluding hydrogens is 422 g/mol. The Morgan fingerprint density at radius 2 is 1.66 bits per heavy atom. The molecule has 1 aliphatic carbocycles. The van der Waals surface area contributed by atoms with Gasteiger partial charge in [-0.25, -0.2) is 4.79 Å². The van der Waals surface area contributed by atoms with E-state index in [0.717, 1.165) is 29.7 Å². The van der Waals surface area contributed by atoms with Crippen LogP contribution in [-0.2, 0) is 17.6 Å². The van der Waals surface area contributed by atoms with Crippen LogP contribution in [0.1, 0.15) is 67.3 Å². The quantitative estimate of drug-likeness (QED) is 0.398. The maximum absolute atomic E-state index is 12.9. The molecule has 5 nitrogen and oxygen atoms in total. The summed E-state index contributed by atoms with van der Waals surface area (Å²) in [5.74, 6) is -0.254. The van der Waals surface area contributed by atoms with Crippen molar-refractivity contribution in [3.8, 4) is 0 Å². The van der Waals surface area contributed by atoms with Crippen molar-refractivity contribution in [3.63, 3.8) is 0 Å². The fourth-order valence-electron chi connectivity index (χ4n) is 3.96. The molecule has 164 valence electrons. The maximum atomic E-state index is 12.9. The van der Waals surface area contributed by atoms with E-state index in [0.29, 0.717) is 33.2 Å². The first-order valence-corrected chi connectivity index (χ1v) is 11.6. The van der Waals surface area contributed by atoms with Gasteiger partial charge in [0.1, 0.15) is 5.00 Å². The highest BCUT2D eigenvalue weighted by atomic mass is 32.1. The Labute approximate surface area is 191 Å². The van der Waals surface area contributed by atoms with Crippen LogP contribution in [-0.4, -0.2) is 24.3 Å². The van der Waals surface area contributed by atoms with Crippen molar-refractivity contribution in [1.29, 1.82) is 0 Å². The first kappa shape index (κ1) is 22.0. The average Bonchev–Trinajstić information content (AvgIpc) is 3.16. The van der Waals surface area contributed by atoms with E-state index >= 15 is 0 Å². The molecule has 6 heteroatoms. The van der Waals surface area contributed by atoms with E-state index < -0.39 is 5.97 Å². The van der Waals surface area contributed by atoms with Crippen molar-refractivity contribution in [2.45, 2.75) is 33.1 Å². The second-order valence-electron chi connectivity index (χ2n) is 8.00. The normalized spacial score (nSPS) is 15.0. The monoisotopic (exact) mass is 447 g/mol. The predicted octanol–water partition coefficient (Wildman–Crippen LogP) is 5.53. The number of hydrogen-bond acceptors (Lipinski definition) is 5. The number of hydrogen-bond donors (Lipinski definition) is 1. The minimum atomic E-state index is -0.390. The van der Waals surface area contributed by atoms with Gasteiger partial charge >= 0.3 is 5.97 Å². The summed E-state index contributed by atoms with van der Waals surface area (Å²) in [6.07, 6.45) is 2.73. The number of amides is 1. The molecule has 1 unspecified atom stereocenters. The third-order valence-corrected chi connectivity index (χ3v) is 6.83. The molecule has 1 heterocycles. The van der Waals surface area contributed by atoms with Crippen molar-refractivity contribution in [2.24, 2.45) is 5.92 Å². The molecule has 0 spiro atoms. The minimum Gasteiger partial charge on any atom is -0.462 e. The summed E-state index contributed by atoms with van der Waals surface area (Å²) in [5.41, 5.74) is 3.03. The van der Waals surface area contributed by atoms with Gasteiger partial charge in [-0.15, -0.1) is 11.3 Å². The van der Waals surface area contributed by atoms with Gasteiger partial charge in [0.15, 0.2) is 5.78 Å². The van der Waals surface area contributed by atoms with Crippen LogP contribution in [0.5, 0.6) is 0 Å². The van der Waals surface area contributed by atoms with Gasteiger partial charge in [0.05, 0.1) is 12.2 Å². The van der Waals surface area contributed by atoms with E-state index in [1.165, 1.54) is 11.3 Å². The molecule has 0 radical (unpaired) electrons. The largest absolute Gasteiger partial charge is 0.462 e. The van der Waals surface area contributed by atoms with Crippen LogP contribution < -0.4 is 5.32 Å². The van der Waals surface area contributed by atoms with Gasteiger partial charge in [0.25, 0.3) is 5.91 Å². The van der Waals surface area contributed by atoms with Gasteiger partial charge in [0, 0.05) is 21.6 Å².